The van der Waals surface area contributed by atoms with Gasteiger partial charge in [0.2, 0.25) is 0 Å². The standard InChI is InChI=1S/C9H17NO3S/c1-14-6-2-3-10-4-5-13-8(7-10)9(11)12/h8H,2-7H2,1H3,(H,11,12). The fourth-order valence-electron chi connectivity index (χ4n) is 1.49. The number of ether oxygens (including phenoxy) is 1. The van der Waals surface area contributed by atoms with Crippen molar-refractivity contribution in [2.45, 2.75) is 12.5 Å². The first-order chi connectivity index (χ1) is 6.74. The molecule has 14 heavy (non-hydrogen) atoms. The van der Waals surface area contributed by atoms with Gasteiger partial charge < -0.3 is 9.84 Å². The van der Waals surface area contributed by atoms with Gasteiger partial charge in [-0.2, -0.15) is 11.8 Å². The van der Waals surface area contributed by atoms with E-state index in [-0.39, 0.29) is 0 Å². The van der Waals surface area contributed by atoms with Crippen molar-refractivity contribution in [2.75, 3.05) is 38.2 Å². The molecular weight excluding hydrogens is 202 g/mol. The SMILES string of the molecule is CSCCCN1CCOC(C(=O)O)C1. The second kappa shape index (κ2) is 6.27. The Morgan fingerprint density at radius 2 is 2.50 bits per heavy atom. The second-order valence-electron chi connectivity index (χ2n) is 3.34. The van der Waals surface area contributed by atoms with Gasteiger partial charge in [0, 0.05) is 13.1 Å². The van der Waals surface area contributed by atoms with E-state index in [0.717, 1.165) is 25.3 Å². The summed E-state index contributed by atoms with van der Waals surface area (Å²) in [6.07, 6.45) is 2.57. The Balaban J connectivity index is 2.22. The molecular formula is C9H17NO3S. The molecule has 0 aliphatic carbocycles. The molecule has 1 saturated heterocycles. The Hall–Kier alpha value is -0.260. The van der Waals surface area contributed by atoms with Crippen molar-refractivity contribution in [1.82, 2.24) is 4.90 Å². The second-order valence-corrected chi connectivity index (χ2v) is 4.33. The minimum absolute atomic E-state index is 0.531. The molecule has 0 aromatic carbocycles. The molecule has 0 radical (unpaired) electrons. The Morgan fingerprint density at radius 1 is 1.71 bits per heavy atom. The average Bonchev–Trinajstić information content (AvgIpc) is 2.19. The van der Waals surface area contributed by atoms with Crippen LogP contribution in [0.2, 0.25) is 0 Å². The predicted octanol–water partition coefficient (Wildman–Crippen LogP) is 0.525. The molecule has 5 heteroatoms. The smallest absolute Gasteiger partial charge is 0.334 e. The van der Waals surface area contributed by atoms with E-state index in [2.05, 4.69) is 11.2 Å². The molecule has 1 heterocycles. The van der Waals surface area contributed by atoms with Gasteiger partial charge in [0.1, 0.15) is 0 Å². The maximum Gasteiger partial charge on any atom is 0.334 e. The van der Waals surface area contributed by atoms with Gasteiger partial charge in [-0.05, 0) is 25.0 Å². The van der Waals surface area contributed by atoms with Crippen LogP contribution in [0.25, 0.3) is 0 Å². The Kier molecular flexibility index (Phi) is 5.29. The van der Waals surface area contributed by atoms with E-state index in [4.69, 9.17) is 9.84 Å². The number of rotatable bonds is 5. The van der Waals surface area contributed by atoms with Crippen molar-refractivity contribution in [1.29, 1.82) is 0 Å². The zero-order valence-corrected chi connectivity index (χ0v) is 9.26. The monoisotopic (exact) mass is 219 g/mol. The molecule has 0 spiro atoms. The number of aliphatic carboxylic acids is 1. The van der Waals surface area contributed by atoms with Crippen LogP contribution < -0.4 is 0 Å². The quantitative estimate of drug-likeness (QED) is 0.683. The van der Waals surface area contributed by atoms with Crippen molar-refractivity contribution < 1.29 is 14.6 Å². The highest BCUT2D eigenvalue weighted by molar-refractivity contribution is 7.98. The van der Waals surface area contributed by atoms with E-state index < -0.39 is 12.1 Å². The molecule has 1 aliphatic rings. The molecule has 1 rings (SSSR count). The Morgan fingerprint density at radius 3 is 3.14 bits per heavy atom. The maximum atomic E-state index is 10.7. The van der Waals surface area contributed by atoms with Crippen molar-refractivity contribution in [3.05, 3.63) is 0 Å². The van der Waals surface area contributed by atoms with E-state index in [1.807, 2.05) is 11.8 Å². The highest BCUT2D eigenvalue weighted by Gasteiger charge is 2.25. The lowest BCUT2D eigenvalue weighted by Gasteiger charge is -2.30. The van der Waals surface area contributed by atoms with E-state index in [1.54, 1.807) is 0 Å². The first kappa shape index (κ1) is 11.8. The maximum absolute atomic E-state index is 10.7. The highest BCUT2D eigenvalue weighted by atomic mass is 32.2. The molecule has 0 saturated carbocycles. The van der Waals surface area contributed by atoms with Gasteiger partial charge in [0.15, 0.2) is 6.10 Å². The summed E-state index contributed by atoms with van der Waals surface area (Å²) in [5.74, 6) is 0.286. The minimum Gasteiger partial charge on any atom is -0.479 e. The summed E-state index contributed by atoms with van der Waals surface area (Å²) in [4.78, 5) is 12.8. The van der Waals surface area contributed by atoms with Gasteiger partial charge in [0.25, 0.3) is 0 Å². The van der Waals surface area contributed by atoms with Gasteiger partial charge in [0.05, 0.1) is 6.61 Å². The van der Waals surface area contributed by atoms with Gasteiger partial charge in [-0.25, -0.2) is 4.79 Å². The van der Waals surface area contributed by atoms with Crippen LogP contribution in [0.3, 0.4) is 0 Å². The fraction of sp³-hybridized carbons (Fsp3) is 0.889. The third kappa shape index (κ3) is 3.86. The van der Waals surface area contributed by atoms with E-state index in [1.165, 1.54) is 0 Å². The van der Waals surface area contributed by atoms with Crippen LogP contribution in [-0.2, 0) is 9.53 Å². The van der Waals surface area contributed by atoms with E-state index in [9.17, 15) is 4.79 Å². The summed E-state index contributed by atoms with van der Waals surface area (Å²) in [5, 5.41) is 8.77. The summed E-state index contributed by atoms with van der Waals surface area (Å²) >= 11 is 1.82. The third-order valence-electron chi connectivity index (χ3n) is 2.25. The van der Waals surface area contributed by atoms with Gasteiger partial charge in [-0.3, -0.25) is 4.90 Å². The number of hydrogen-bond acceptors (Lipinski definition) is 4. The zero-order valence-electron chi connectivity index (χ0n) is 8.44. The summed E-state index contributed by atoms with van der Waals surface area (Å²) in [6.45, 7) is 2.91. The summed E-state index contributed by atoms with van der Waals surface area (Å²) in [7, 11) is 0. The third-order valence-corrected chi connectivity index (χ3v) is 2.95. The molecule has 0 aromatic heterocycles. The summed E-state index contributed by atoms with van der Waals surface area (Å²) < 4.78 is 5.13. The lowest BCUT2D eigenvalue weighted by atomic mass is 10.2. The number of thioether (sulfide) groups is 1. The Labute approximate surface area is 88.6 Å². The van der Waals surface area contributed by atoms with Crippen LogP contribution in [0.5, 0.6) is 0 Å². The number of nitrogens with zero attached hydrogens (tertiary/aromatic N) is 1. The van der Waals surface area contributed by atoms with Crippen molar-refractivity contribution in [3.63, 3.8) is 0 Å². The van der Waals surface area contributed by atoms with Crippen LogP contribution in [0.1, 0.15) is 6.42 Å². The molecule has 1 N–H and O–H groups in total. The van der Waals surface area contributed by atoms with Crippen LogP contribution in [0, 0.1) is 0 Å². The number of carboxylic acids is 1. The molecule has 0 bridgehead atoms. The summed E-state index contributed by atoms with van der Waals surface area (Å²) in [6, 6.07) is 0. The fourth-order valence-corrected chi connectivity index (χ4v) is 1.91. The van der Waals surface area contributed by atoms with E-state index in [0.29, 0.717) is 13.2 Å². The van der Waals surface area contributed by atoms with Crippen molar-refractivity contribution in [3.8, 4) is 0 Å². The number of carbonyl (C=O) groups is 1. The topological polar surface area (TPSA) is 49.8 Å². The predicted molar refractivity (Wildman–Crippen MR) is 56.8 cm³/mol. The Bertz CT molecular complexity index is 189. The lowest BCUT2D eigenvalue weighted by molar-refractivity contribution is -0.156. The van der Waals surface area contributed by atoms with Crippen molar-refractivity contribution >= 4 is 17.7 Å². The lowest BCUT2D eigenvalue weighted by Crippen LogP contribution is -2.46. The molecule has 1 aliphatic heterocycles. The van der Waals surface area contributed by atoms with Crippen LogP contribution >= 0.6 is 11.8 Å². The molecule has 0 amide bonds. The first-order valence-corrected chi connectivity index (χ1v) is 6.19. The molecule has 4 nitrogen and oxygen atoms in total. The van der Waals surface area contributed by atoms with Crippen LogP contribution in [-0.4, -0.2) is 60.3 Å². The van der Waals surface area contributed by atoms with Crippen LogP contribution in [0.4, 0.5) is 0 Å². The zero-order chi connectivity index (χ0) is 10.4. The van der Waals surface area contributed by atoms with E-state index >= 15 is 0 Å². The van der Waals surface area contributed by atoms with Gasteiger partial charge in [-0.1, -0.05) is 0 Å². The number of morpholine rings is 1. The minimum atomic E-state index is -0.848. The number of carboxylic acid groups (broad SMARTS) is 1. The normalized spacial score (nSPS) is 23.6. The van der Waals surface area contributed by atoms with Gasteiger partial charge in [-0.15, -0.1) is 0 Å². The molecule has 1 atom stereocenters. The van der Waals surface area contributed by atoms with Crippen molar-refractivity contribution in [2.24, 2.45) is 0 Å². The summed E-state index contributed by atoms with van der Waals surface area (Å²) in [5.41, 5.74) is 0. The number of hydrogen-bond donors (Lipinski definition) is 1. The van der Waals surface area contributed by atoms with Gasteiger partial charge >= 0.3 is 5.97 Å². The molecule has 82 valence electrons. The molecule has 0 aromatic rings. The van der Waals surface area contributed by atoms with Crippen LogP contribution in [0.15, 0.2) is 0 Å². The molecule has 1 unspecified atom stereocenters. The largest absolute Gasteiger partial charge is 0.479 e. The molecule has 1 fully saturated rings. The average molecular weight is 219 g/mol. The first-order valence-electron chi connectivity index (χ1n) is 4.79. The highest BCUT2D eigenvalue weighted by Crippen LogP contribution is 2.07.